The van der Waals surface area contributed by atoms with E-state index in [0.717, 1.165) is 0 Å². The van der Waals surface area contributed by atoms with Gasteiger partial charge in [-0.25, -0.2) is 4.98 Å². The summed E-state index contributed by atoms with van der Waals surface area (Å²) >= 11 is 0. The summed E-state index contributed by atoms with van der Waals surface area (Å²) in [5, 5.41) is 21.1. The second-order valence-electron chi connectivity index (χ2n) is 3.78. The molecule has 0 saturated heterocycles. The molecular weight excluding hydrogens is 312 g/mol. The first-order chi connectivity index (χ1) is 9.43. The highest BCUT2D eigenvalue weighted by molar-refractivity contribution is 5.61. The lowest BCUT2D eigenvalue weighted by molar-refractivity contribution is -0.384. The van der Waals surface area contributed by atoms with Crippen molar-refractivity contribution in [3.63, 3.8) is 0 Å². The molecule has 1 aromatic rings. The van der Waals surface area contributed by atoms with Gasteiger partial charge in [0.1, 0.15) is 17.6 Å². The molecule has 1 aromatic heterocycles. The van der Waals surface area contributed by atoms with Crippen LogP contribution in [0.4, 0.5) is 37.7 Å². The number of aliphatic hydroxyl groups is 1. The van der Waals surface area contributed by atoms with Crippen LogP contribution in [0.3, 0.4) is 0 Å². The molecule has 2 N–H and O–H groups in total. The predicted molar refractivity (Wildman–Crippen MR) is 56.4 cm³/mol. The second kappa shape index (κ2) is 5.71. The Morgan fingerprint density at radius 1 is 1.33 bits per heavy atom. The molecule has 1 unspecified atom stereocenters. The molecule has 0 aliphatic carbocycles. The fourth-order valence-electron chi connectivity index (χ4n) is 1.21. The van der Waals surface area contributed by atoms with Crippen molar-refractivity contribution in [3.8, 4) is 0 Å². The molecule has 0 aliphatic rings. The first-order valence-electron chi connectivity index (χ1n) is 5.13. The van der Waals surface area contributed by atoms with Gasteiger partial charge < -0.3 is 10.4 Å². The van der Waals surface area contributed by atoms with Crippen LogP contribution in [-0.4, -0.2) is 33.8 Å². The summed E-state index contributed by atoms with van der Waals surface area (Å²) in [6.45, 7) is -1.24. The second-order valence-corrected chi connectivity index (χ2v) is 3.78. The van der Waals surface area contributed by atoms with E-state index >= 15 is 0 Å². The van der Waals surface area contributed by atoms with Crippen LogP contribution in [0, 0.1) is 10.1 Å². The zero-order valence-electron chi connectivity index (χ0n) is 9.87. The summed E-state index contributed by atoms with van der Waals surface area (Å²) < 4.78 is 73.4. The molecule has 1 atom stereocenters. The molecule has 21 heavy (non-hydrogen) atoms. The van der Waals surface area contributed by atoms with Gasteiger partial charge in [0.2, 0.25) is 0 Å². The maximum atomic E-state index is 12.4. The minimum absolute atomic E-state index is 0.196. The highest BCUT2D eigenvalue weighted by atomic mass is 19.4. The number of hydrogen-bond donors (Lipinski definition) is 2. The van der Waals surface area contributed by atoms with E-state index in [0.29, 0.717) is 0 Å². The van der Waals surface area contributed by atoms with Crippen LogP contribution in [0.5, 0.6) is 0 Å². The van der Waals surface area contributed by atoms with E-state index in [1.165, 1.54) is 0 Å². The van der Waals surface area contributed by atoms with Gasteiger partial charge in [-0.05, 0) is 6.07 Å². The molecule has 0 aromatic carbocycles. The van der Waals surface area contributed by atoms with Crippen molar-refractivity contribution in [1.82, 2.24) is 4.98 Å². The average molecular weight is 319 g/mol. The van der Waals surface area contributed by atoms with Crippen molar-refractivity contribution < 1.29 is 36.4 Å². The van der Waals surface area contributed by atoms with Gasteiger partial charge in [-0.15, -0.1) is 0 Å². The summed E-state index contributed by atoms with van der Waals surface area (Å²) in [6.07, 6.45) is -12.6. The zero-order chi connectivity index (χ0) is 16.4. The van der Waals surface area contributed by atoms with Crippen LogP contribution in [0.2, 0.25) is 0 Å². The predicted octanol–water partition coefficient (Wildman–Crippen LogP) is 2.34. The van der Waals surface area contributed by atoms with E-state index < -0.39 is 47.0 Å². The molecule has 0 spiro atoms. The number of aromatic nitrogens is 1. The van der Waals surface area contributed by atoms with Crippen molar-refractivity contribution in [3.05, 3.63) is 28.1 Å². The van der Waals surface area contributed by atoms with Crippen LogP contribution in [0.25, 0.3) is 0 Å². The molecule has 0 amide bonds. The van der Waals surface area contributed by atoms with Gasteiger partial charge in [-0.2, -0.15) is 26.3 Å². The van der Waals surface area contributed by atoms with Gasteiger partial charge in [0.05, 0.1) is 4.92 Å². The number of nitrogens with zero attached hydrogens (tertiary/aromatic N) is 2. The highest BCUT2D eigenvalue weighted by Gasteiger charge is 2.39. The maximum absolute atomic E-state index is 12.4. The Labute approximate surface area is 112 Å². The highest BCUT2D eigenvalue weighted by Crippen LogP contribution is 2.33. The third-order valence-corrected chi connectivity index (χ3v) is 2.23. The van der Waals surface area contributed by atoms with Crippen LogP contribution in [0.1, 0.15) is 5.69 Å². The van der Waals surface area contributed by atoms with Crippen LogP contribution < -0.4 is 5.32 Å². The van der Waals surface area contributed by atoms with Crippen LogP contribution >= 0.6 is 0 Å². The molecule has 0 saturated carbocycles. The number of alkyl halides is 6. The molecule has 118 valence electrons. The zero-order valence-corrected chi connectivity index (χ0v) is 9.87. The normalized spacial score (nSPS) is 13.9. The largest absolute Gasteiger partial charge is 0.433 e. The van der Waals surface area contributed by atoms with Gasteiger partial charge in [-0.3, -0.25) is 10.1 Å². The summed E-state index contributed by atoms with van der Waals surface area (Å²) in [5.41, 5.74) is -3.29. The lowest BCUT2D eigenvalue weighted by Gasteiger charge is -2.16. The Bertz CT molecular complexity index is 530. The number of nitro groups is 1. The van der Waals surface area contributed by atoms with Crippen molar-refractivity contribution in [1.29, 1.82) is 0 Å². The summed E-state index contributed by atoms with van der Waals surface area (Å²) in [4.78, 5) is 12.3. The van der Waals surface area contributed by atoms with Crippen molar-refractivity contribution in [2.24, 2.45) is 0 Å². The maximum Gasteiger partial charge on any atom is 0.433 e. The summed E-state index contributed by atoms with van der Waals surface area (Å²) in [7, 11) is 0. The van der Waals surface area contributed by atoms with Gasteiger partial charge in [0.25, 0.3) is 0 Å². The van der Waals surface area contributed by atoms with Crippen molar-refractivity contribution >= 4 is 11.4 Å². The SMILES string of the molecule is O=[N+]([O-])c1cnc(C(F)(F)F)cc1NCC(O)C(F)(F)F. The van der Waals surface area contributed by atoms with Crippen molar-refractivity contribution in [2.45, 2.75) is 18.5 Å². The molecule has 0 aliphatic heterocycles. The Morgan fingerprint density at radius 3 is 2.33 bits per heavy atom. The lowest BCUT2D eigenvalue weighted by Crippen LogP contribution is -2.35. The first-order valence-corrected chi connectivity index (χ1v) is 5.13. The molecule has 0 radical (unpaired) electrons. The van der Waals surface area contributed by atoms with E-state index in [-0.39, 0.29) is 12.3 Å². The van der Waals surface area contributed by atoms with Crippen LogP contribution in [-0.2, 0) is 6.18 Å². The number of aliphatic hydroxyl groups excluding tert-OH is 1. The number of rotatable bonds is 4. The first kappa shape index (κ1) is 16.9. The van der Waals surface area contributed by atoms with E-state index in [2.05, 4.69) is 4.98 Å². The van der Waals surface area contributed by atoms with E-state index in [4.69, 9.17) is 5.11 Å². The Hall–Kier alpha value is -2.11. The third-order valence-electron chi connectivity index (χ3n) is 2.23. The fraction of sp³-hybridized carbons (Fsp3) is 0.444. The average Bonchev–Trinajstić information content (AvgIpc) is 2.33. The van der Waals surface area contributed by atoms with E-state index in [1.807, 2.05) is 0 Å². The number of nitrogens with one attached hydrogen (secondary N) is 1. The molecule has 12 heteroatoms. The van der Waals surface area contributed by atoms with E-state index in [9.17, 15) is 36.5 Å². The standard InChI is InChI=1S/C9H7F6N3O3/c10-8(11,12)6-1-4(5(2-17-6)18(20)21)16-3-7(19)9(13,14)15/h1-2,7,19H,3H2,(H,16,17). The third kappa shape index (κ3) is 4.44. The number of halogens is 6. The molecule has 0 bridgehead atoms. The van der Waals surface area contributed by atoms with Crippen LogP contribution in [0.15, 0.2) is 12.3 Å². The molecular formula is C9H7F6N3O3. The van der Waals surface area contributed by atoms with Gasteiger partial charge >= 0.3 is 18.0 Å². The Morgan fingerprint density at radius 2 is 1.90 bits per heavy atom. The summed E-state index contributed by atoms with van der Waals surface area (Å²) in [6, 6.07) is 0.196. The summed E-state index contributed by atoms with van der Waals surface area (Å²) in [5.74, 6) is 0. The number of anilines is 1. The van der Waals surface area contributed by atoms with Crippen molar-refractivity contribution in [2.75, 3.05) is 11.9 Å². The Kier molecular flexibility index (Phi) is 4.61. The topological polar surface area (TPSA) is 88.3 Å². The minimum atomic E-state index is -5.01. The molecule has 6 nitrogen and oxygen atoms in total. The monoisotopic (exact) mass is 319 g/mol. The van der Waals surface area contributed by atoms with Gasteiger partial charge in [-0.1, -0.05) is 0 Å². The lowest BCUT2D eigenvalue weighted by atomic mass is 10.2. The molecule has 1 rings (SSSR count). The molecule has 1 heterocycles. The fourth-order valence-corrected chi connectivity index (χ4v) is 1.21. The Balaban J connectivity index is 3.05. The molecule has 0 fully saturated rings. The van der Waals surface area contributed by atoms with Gasteiger partial charge in [0, 0.05) is 6.54 Å². The van der Waals surface area contributed by atoms with E-state index in [1.54, 1.807) is 5.32 Å². The smallest absolute Gasteiger partial charge is 0.382 e. The quantitative estimate of drug-likeness (QED) is 0.505. The minimum Gasteiger partial charge on any atom is -0.382 e. The number of pyridine rings is 1. The van der Waals surface area contributed by atoms with Gasteiger partial charge in [0.15, 0.2) is 6.10 Å². The number of hydrogen-bond acceptors (Lipinski definition) is 5.